The molecule has 0 bridgehead atoms. The Morgan fingerprint density at radius 3 is 2.48 bits per heavy atom. The van der Waals surface area contributed by atoms with Gasteiger partial charge in [-0.05, 0) is 45.4 Å². The molecule has 1 aromatic rings. The summed E-state index contributed by atoms with van der Waals surface area (Å²) in [5.41, 5.74) is 0.519. The van der Waals surface area contributed by atoms with Crippen LogP contribution in [0.5, 0.6) is 5.75 Å². The molecule has 1 saturated heterocycles. The van der Waals surface area contributed by atoms with Gasteiger partial charge in [0.1, 0.15) is 5.75 Å². The first-order chi connectivity index (χ1) is 11.9. The summed E-state index contributed by atoms with van der Waals surface area (Å²) in [6, 6.07) is 5.08. The van der Waals surface area contributed by atoms with Gasteiger partial charge in [-0.15, -0.1) is 0 Å². The van der Waals surface area contributed by atoms with Crippen molar-refractivity contribution in [3.63, 3.8) is 0 Å². The zero-order valence-corrected chi connectivity index (χ0v) is 15.7. The van der Waals surface area contributed by atoms with Gasteiger partial charge < -0.3 is 19.3 Å². The van der Waals surface area contributed by atoms with Gasteiger partial charge in [-0.1, -0.05) is 11.6 Å². The van der Waals surface area contributed by atoms with E-state index in [4.69, 9.17) is 21.1 Å². The lowest BCUT2D eigenvalue weighted by Gasteiger charge is -2.22. The van der Waals surface area contributed by atoms with Crippen molar-refractivity contribution in [3.8, 4) is 5.75 Å². The van der Waals surface area contributed by atoms with Crippen LogP contribution in [0.15, 0.2) is 18.2 Å². The van der Waals surface area contributed by atoms with Gasteiger partial charge in [0, 0.05) is 31.7 Å². The van der Waals surface area contributed by atoms with Crippen molar-refractivity contribution in [1.29, 1.82) is 0 Å². The molecule has 0 aliphatic carbocycles. The van der Waals surface area contributed by atoms with Crippen LogP contribution in [0.3, 0.4) is 0 Å². The van der Waals surface area contributed by atoms with Crippen molar-refractivity contribution in [2.75, 3.05) is 32.8 Å². The minimum Gasteiger partial charge on any atom is -0.489 e. The summed E-state index contributed by atoms with van der Waals surface area (Å²) in [5.74, 6) is 0.473. The normalized spacial score (nSPS) is 15.1. The molecule has 0 aromatic heterocycles. The first-order valence-corrected chi connectivity index (χ1v) is 8.97. The van der Waals surface area contributed by atoms with E-state index in [0.29, 0.717) is 55.5 Å². The van der Waals surface area contributed by atoms with Crippen LogP contribution in [0.4, 0.5) is 4.79 Å². The van der Waals surface area contributed by atoms with Gasteiger partial charge in [-0.2, -0.15) is 0 Å². The summed E-state index contributed by atoms with van der Waals surface area (Å²) < 4.78 is 10.6. The van der Waals surface area contributed by atoms with Gasteiger partial charge in [0.05, 0.1) is 17.7 Å². The molecule has 1 aromatic carbocycles. The largest absolute Gasteiger partial charge is 0.489 e. The molecule has 6 nitrogen and oxygen atoms in total. The number of amides is 2. The van der Waals surface area contributed by atoms with Crippen molar-refractivity contribution in [1.82, 2.24) is 9.80 Å². The number of hydrogen-bond donors (Lipinski definition) is 0. The van der Waals surface area contributed by atoms with E-state index in [1.165, 1.54) is 0 Å². The number of rotatable bonds is 4. The zero-order chi connectivity index (χ0) is 18.4. The minimum atomic E-state index is -0.324. The summed E-state index contributed by atoms with van der Waals surface area (Å²) in [4.78, 5) is 28.0. The van der Waals surface area contributed by atoms with Crippen LogP contribution in [-0.4, -0.2) is 60.7 Å². The SMILES string of the molecule is CCOC(=O)N1CCCN(C(=O)c2ccc(OC(C)C)c(Cl)c2)CC1. The third kappa shape index (κ3) is 5.26. The summed E-state index contributed by atoms with van der Waals surface area (Å²) in [7, 11) is 0. The quantitative estimate of drug-likeness (QED) is 0.816. The molecule has 7 heteroatoms. The number of carbonyl (C=O) groups is 2. The summed E-state index contributed by atoms with van der Waals surface area (Å²) in [6.07, 6.45) is 0.404. The molecule has 0 radical (unpaired) electrons. The van der Waals surface area contributed by atoms with Gasteiger partial charge in [0.15, 0.2) is 0 Å². The average Bonchev–Trinajstić information content (AvgIpc) is 2.82. The van der Waals surface area contributed by atoms with Crippen LogP contribution < -0.4 is 4.74 Å². The highest BCUT2D eigenvalue weighted by Crippen LogP contribution is 2.27. The highest BCUT2D eigenvalue weighted by Gasteiger charge is 2.24. The van der Waals surface area contributed by atoms with Crippen molar-refractivity contribution >= 4 is 23.6 Å². The van der Waals surface area contributed by atoms with Crippen LogP contribution >= 0.6 is 11.6 Å². The van der Waals surface area contributed by atoms with Crippen molar-refractivity contribution in [2.45, 2.75) is 33.3 Å². The maximum Gasteiger partial charge on any atom is 0.409 e. The number of nitrogens with zero attached hydrogens (tertiary/aromatic N) is 2. The second-order valence-electron chi connectivity index (χ2n) is 6.14. The van der Waals surface area contributed by atoms with Crippen molar-refractivity contribution < 1.29 is 19.1 Å². The first-order valence-electron chi connectivity index (χ1n) is 8.59. The Hall–Kier alpha value is -1.95. The van der Waals surface area contributed by atoms with Crippen LogP contribution in [0.2, 0.25) is 5.02 Å². The molecule has 138 valence electrons. The molecular formula is C18H25ClN2O4. The molecule has 25 heavy (non-hydrogen) atoms. The van der Waals surface area contributed by atoms with Crippen LogP contribution in [0, 0.1) is 0 Å². The Morgan fingerprint density at radius 2 is 1.84 bits per heavy atom. The topological polar surface area (TPSA) is 59.1 Å². The summed E-state index contributed by atoms with van der Waals surface area (Å²) >= 11 is 6.22. The fourth-order valence-corrected chi connectivity index (χ4v) is 2.91. The van der Waals surface area contributed by atoms with Crippen molar-refractivity contribution in [2.24, 2.45) is 0 Å². The van der Waals surface area contributed by atoms with E-state index >= 15 is 0 Å². The number of halogens is 1. The molecule has 1 heterocycles. The maximum absolute atomic E-state index is 12.7. The molecule has 0 spiro atoms. The van der Waals surface area contributed by atoms with Gasteiger partial charge in [-0.3, -0.25) is 4.79 Å². The van der Waals surface area contributed by atoms with E-state index in [9.17, 15) is 9.59 Å². The van der Waals surface area contributed by atoms with Crippen LogP contribution in [-0.2, 0) is 4.74 Å². The highest BCUT2D eigenvalue weighted by atomic mass is 35.5. The molecule has 1 aliphatic rings. The lowest BCUT2D eigenvalue weighted by Crippen LogP contribution is -2.37. The molecule has 0 atom stereocenters. The molecule has 2 rings (SSSR count). The Kier molecular flexibility index (Phi) is 6.93. The van der Waals surface area contributed by atoms with Crippen molar-refractivity contribution in [3.05, 3.63) is 28.8 Å². The number of hydrogen-bond acceptors (Lipinski definition) is 4. The predicted molar refractivity (Wildman–Crippen MR) is 96.3 cm³/mol. The molecular weight excluding hydrogens is 344 g/mol. The van der Waals surface area contributed by atoms with E-state index in [-0.39, 0.29) is 18.1 Å². The molecule has 1 aliphatic heterocycles. The monoisotopic (exact) mass is 368 g/mol. The standard InChI is InChI=1S/C18H25ClN2O4/c1-4-24-18(23)21-9-5-8-20(10-11-21)17(22)14-6-7-16(15(19)12-14)25-13(2)3/h6-7,12-13H,4-5,8-11H2,1-3H3. The second kappa shape index (κ2) is 8.94. The predicted octanol–water partition coefficient (Wildman–Crippen LogP) is 3.43. The molecule has 0 saturated carbocycles. The Morgan fingerprint density at radius 1 is 1.16 bits per heavy atom. The zero-order valence-electron chi connectivity index (χ0n) is 15.0. The van der Waals surface area contributed by atoms with Gasteiger partial charge in [0.2, 0.25) is 0 Å². The molecule has 2 amide bonds. The third-order valence-corrected chi connectivity index (χ3v) is 4.15. The fraction of sp³-hybridized carbons (Fsp3) is 0.556. The molecule has 1 fully saturated rings. The lowest BCUT2D eigenvalue weighted by molar-refractivity contribution is 0.0753. The third-order valence-electron chi connectivity index (χ3n) is 3.85. The second-order valence-corrected chi connectivity index (χ2v) is 6.55. The minimum absolute atomic E-state index is 0.0125. The van der Waals surface area contributed by atoms with E-state index in [0.717, 1.165) is 0 Å². The Bertz CT molecular complexity index is 621. The fourth-order valence-electron chi connectivity index (χ4n) is 2.68. The lowest BCUT2D eigenvalue weighted by atomic mass is 10.2. The van der Waals surface area contributed by atoms with E-state index in [2.05, 4.69) is 0 Å². The average molecular weight is 369 g/mol. The van der Waals surface area contributed by atoms with Crippen LogP contribution in [0.1, 0.15) is 37.6 Å². The number of carbonyl (C=O) groups excluding carboxylic acids is 2. The van der Waals surface area contributed by atoms with Gasteiger partial charge >= 0.3 is 6.09 Å². The maximum atomic E-state index is 12.7. The Balaban J connectivity index is 2.03. The van der Waals surface area contributed by atoms with E-state index in [1.54, 1.807) is 34.9 Å². The van der Waals surface area contributed by atoms with Gasteiger partial charge in [0.25, 0.3) is 5.91 Å². The first kappa shape index (κ1) is 19.4. The highest BCUT2D eigenvalue weighted by molar-refractivity contribution is 6.32. The van der Waals surface area contributed by atoms with Gasteiger partial charge in [-0.25, -0.2) is 4.79 Å². The molecule has 0 unspecified atom stereocenters. The number of ether oxygens (including phenoxy) is 2. The Labute approximate surface area is 153 Å². The number of benzene rings is 1. The summed E-state index contributed by atoms with van der Waals surface area (Å²) in [6.45, 7) is 8.08. The van der Waals surface area contributed by atoms with Crippen LogP contribution in [0.25, 0.3) is 0 Å². The van der Waals surface area contributed by atoms with E-state index < -0.39 is 0 Å². The van der Waals surface area contributed by atoms with E-state index in [1.807, 2.05) is 13.8 Å². The smallest absolute Gasteiger partial charge is 0.409 e. The molecule has 0 N–H and O–H groups in total. The summed E-state index contributed by atoms with van der Waals surface area (Å²) in [5, 5.41) is 0.419.